The molecule has 0 saturated heterocycles. The first-order valence-electron chi connectivity index (χ1n) is 5.85. The summed E-state index contributed by atoms with van der Waals surface area (Å²) in [5, 5.41) is 0.731. The fourth-order valence-electron chi connectivity index (χ4n) is 2.17. The Hall–Kier alpha value is -2.10. The lowest BCUT2D eigenvalue weighted by Crippen LogP contribution is -2.26. The van der Waals surface area contributed by atoms with Gasteiger partial charge in [-0.3, -0.25) is 4.79 Å². The van der Waals surface area contributed by atoms with Crippen molar-refractivity contribution >= 4 is 16.8 Å². The van der Waals surface area contributed by atoms with Crippen LogP contribution in [0, 0.1) is 5.92 Å². The van der Waals surface area contributed by atoms with E-state index in [-0.39, 0.29) is 11.7 Å². The minimum atomic E-state index is -0.441. The third-order valence-electron chi connectivity index (χ3n) is 3.10. The summed E-state index contributed by atoms with van der Waals surface area (Å²) in [4.78, 5) is 23.3. The van der Waals surface area contributed by atoms with Gasteiger partial charge in [-0.25, -0.2) is 4.79 Å². The zero-order valence-electron chi connectivity index (χ0n) is 10.1. The molecule has 4 nitrogen and oxygen atoms in total. The molecule has 1 aliphatic heterocycles. The molecule has 1 atom stereocenters. The first-order valence-corrected chi connectivity index (χ1v) is 5.85. The molecule has 1 aromatic carbocycles. The van der Waals surface area contributed by atoms with Crippen LogP contribution in [0.4, 0.5) is 0 Å². The summed E-state index contributed by atoms with van der Waals surface area (Å²) in [6, 6.07) is 6.33. The number of carbonyl (C=O) groups excluding carboxylic acids is 1. The summed E-state index contributed by atoms with van der Waals surface area (Å²) in [7, 11) is 0. The fraction of sp³-hybridized carbons (Fsp3) is 0.286. The maximum atomic E-state index is 12.1. The van der Waals surface area contributed by atoms with Gasteiger partial charge in [-0.2, -0.15) is 0 Å². The standard InChI is InChI=1S/C14H12O4/c1-7(2)14-13(16)9-5-8-3-4-12(15)17-10(8)6-11(9)18-14/h3-7,14H,1-2H3/t14-/m0/s1. The summed E-state index contributed by atoms with van der Waals surface area (Å²) < 4.78 is 10.7. The molecule has 2 aromatic rings. The molecule has 0 fully saturated rings. The van der Waals surface area contributed by atoms with Crippen LogP contribution < -0.4 is 10.4 Å². The van der Waals surface area contributed by atoms with Crippen LogP contribution in [-0.4, -0.2) is 11.9 Å². The summed E-state index contributed by atoms with van der Waals surface area (Å²) in [6.07, 6.45) is -0.441. The fourth-order valence-corrected chi connectivity index (χ4v) is 2.17. The number of hydrogen-bond acceptors (Lipinski definition) is 4. The van der Waals surface area contributed by atoms with Gasteiger partial charge in [-0.1, -0.05) is 13.8 Å². The van der Waals surface area contributed by atoms with Gasteiger partial charge in [0.05, 0.1) is 5.56 Å². The molecule has 1 aliphatic rings. The summed E-state index contributed by atoms with van der Waals surface area (Å²) in [5.41, 5.74) is 0.598. The number of carbonyl (C=O) groups is 1. The number of ether oxygens (including phenoxy) is 1. The van der Waals surface area contributed by atoms with Crippen LogP contribution in [0.3, 0.4) is 0 Å². The second-order valence-electron chi connectivity index (χ2n) is 4.79. The normalized spacial score (nSPS) is 18.2. The van der Waals surface area contributed by atoms with Crippen molar-refractivity contribution in [3.63, 3.8) is 0 Å². The van der Waals surface area contributed by atoms with Crippen molar-refractivity contribution in [1.82, 2.24) is 0 Å². The van der Waals surface area contributed by atoms with E-state index in [0.717, 1.165) is 5.39 Å². The minimum absolute atomic E-state index is 0.00639. The lowest BCUT2D eigenvalue weighted by molar-refractivity contribution is 0.0791. The van der Waals surface area contributed by atoms with Gasteiger partial charge < -0.3 is 9.15 Å². The Morgan fingerprint density at radius 3 is 2.67 bits per heavy atom. The number of fused-ring (bicyclic) bond motifs is 2. The Kier molecular flexibility index (Phi) is 2.26. The molecule has 0 aliphatic carbocycles. The molecular weight excluding hydrogens is 232 g/mol. The van der Waals surface area contributed by atoms with Crippen LogP contribution in [0.25, 0.3) is 11.0 Å². The van der Waals surface area contributed by atoms with Crippen molar-refractivity contribution in [2.24, 2.45) is 5.92 Å². The second-order valence-corrected chi connectivity index (χ2v) is 4.79. The van der Waals surface area contributed by atoms with Crippen molar-refractivity contribution in [3.05, 3.63) is 40.2 Å². The molecule has 0 amide bonds. The van der Waals surface area contributed by atoms with Crippen molar-refractivity contribution in [2.45, 2.75) is 20.0 Å². The highest BCUT2D eigenvalue weighted by Gasteiger charge is 2.35. The first-order chi connectivity index (χ1) is 8.56. The van der Waals surface area contributed by atoms with E-state index in [1.807, 2.05) is 13.8 Å². The summed E-state index contributed by atoms with van der Waals surface area (Å²) >= 11 is 0. The monoisotopic (exact) mass is 244 g/mol. The minimum Gasteiger partial charge on any atom is -0.481 e. The Balaban J connectivity index is 2.20. The quantitative estimate of drug-likeness (QED) is 0.723. The largest absolute Gasteiger partial charge is 0.481 e. The number of rotatable bonds is 1. The highest BCUT2D eigenvalue weighted by atomic mass is 16.5. The maximum Gasteiger partial charge on any atom is 0.336 e. The first kappa shape index (κ1) is 11.0. The van der Waals surface area contributed by atoms with Crippen molar-refractivity contribution < 1.29 is 13.9 Å². The molecule has 0 radical (unpaired) electrons. The predicted octanol–water partition coefficient (Wildman–Crippen LogP) is 2.39. The molecule has 18 heavy (non-hydrogen) atoms. The second kappa shape index (κ2) is 3.70. The van der Waals surface area contributed by atoms with Crippen LogP contribution >= 0.6 is 0 Å². The van der Waals surface area contributed by atoms with Gasteiger partial charge in [0.25, 0.3) is 0 Å². The molecule has 2 heterocycles. The van der Waals surface area contributed by atoms with Gasteiger partial charge in [-0.15, -0.1) is 0 Å². The molecule has 0 bridgehead atoms. The van der Waals surface area contributed by atoms with E-state index >= 15 is 0 Å². The molecule has 92 valence electrons. The van der Waals surface area contributed by atoms with Gasteiger partial charge in [0.15, 0.2) is 6.10 Å². The number of Topliss-reactive ketones (excluding diaryl/α,β-unsaturated/α-hetero) is 1. The van der Waals surface area contributed by atoms with Crippen molar-refractivity contribution in [3.8, 4) is 5.75 Å². The average Bonchev–Trinajstić information content (AvgIpc) is 2.64. The number of ketones is 1. The highest BCUT2D eigenvalue weighted by Crippen LogP contribution is 2.34. The molecule has 0 N–H and O–H groups in total. The zero-order chi connectivity index (χ0) is 12.9. The van der Waals surface area contributed by atoms with E-state index in [2.05, 4.69) is 0 Å². The van der Waals surface area contributed by atoms with E-state index < -0.39 is 11.7 Å². The Bertz CT molecular complexity index is 696. The molecule has 0 saturated carbocycles. The molecule has 3 rings (SSSR count). The molecular formula is C14H12O4. The lowest BCUT2D eigenvalue weighted by atomic mass is 9.99. The van der Waals surface area contributed by atoms with Crippen LogP contribution in [0.1, 0.15) is 24.2 Å². The van der Waals surface area contributed by atoms with Gasteiger partial charge in [0, 0.05) is 17.5 Å². The highest BCUT2D eigenvalue weighted by molar-refractivity contribution is 6.07. The van der Waals surface area contributed by atoms with E-state index in [1.54, 1.807) is 18.2 Å². The van der Waals surface area contributed by atoms with Gasteiger partial charge in [0.1, 0.15) is 11.3 Å². The topological polar surface area (TPSA) is 56.5 Å². The van der Waals surface area contributed by atoms with E-state index in [1.165, 1.54) is 6.07 Å². The lowest BCUT2D eigenvalue weighted by Gasteiger charge is -2.12. The van der Waals surface area contributed by atoms with E-state index in [0.29, 0.717) is 16.9 Å². The SMILES string of the molecule is CC(C)[C@@H]1Oc2cc3oc(=O)ccc3cc2C1=O. The van der Waals surface area contributed by atoms with Gasteiger partial charge >= 0.3 is 5.63 Å². The van der Waals surface area contributed by atoms with Crippen LogP contribution in [0.2, 0.25) is 0 Å². The van der Waals surface area contributed by atoms with Crippen LogP contribution in [0.15, 0.2) is 33.5 Å². The molecule has 0 spiro atoms. The number of hydrogen-bond donors (Lipinski definition) is 0. The van der Waals surface area contributed by atoms with E-state index in [4.69, 9.17) is 9.15 Å². The van der Waals surface area contributed by atoms with Crippen LogP contribution in [0.5, 0.6) is 5.75 Å². The predicted molar refractivity (Wildman–Crippen MR) is 66.1 cm³/mol. The van der Waals surface area contributed by atoms with Crippen LogP contribution in [-0.2, 0) is 0 Å². The Labute approximate surface area is 103 Å². The summed E-state index contributed by atoms with van der Waals surface area (Å²) in [6.45, 7) is 3.88. The average molecular weight is 244 g/mol. The van der Waals surface area contributed by atoms with Crippen molar-refractivity contribution in [1.29, 1.82) is 0 Å². The smallest absolute Gasteiger partial charge is 0.336 e. The molecule has 1 aromatic heterocycles. The Morgan fingerprint density at radius 1 is 1.17 bits per heavy atom. The van der Waals surface area contributed by atoms with E-state index in [9.17, 15) is 9.59 Å². The molecule has 0 unspecified atom stereocenters. The summed E-state index contributed by atoms with van der Waals surface area (Å²) in [5.74, 6) is 0.605. The van der Waals surface area contributed by atoms with Crippen molar-refractivity contribution in [2.75, 3.05) is 0 Å². The number of benzene rings is 1. The van der Waals surface area contributed by atoms with Gasteiger partial charge in [0.2, 0.25) is 5.78 Å². The Morgan fingerprint density at radius 2 is 1.94 bits per heavy atom. The maximum absolute atomic E-state index is 12.1. The third-order valence-corrected chi connectivity index (χ3v) is 3.10. The third kappa shape index (κ3) is 1.53. The van der Waals surface area contributed by atoms with Gasteiger partial charge in [-0.05, 0) is 18.1 Å². The molecule has 4 heteroatoms. The zero-order valence-corrected chi connectivity index (χ0v) is 10.1.